The third-order valence-electron chi connectivity index (χ3n) is 3.13. The van der Waals surface area contributed by atoms with Crippen LogP contribution in [0.3, 0.4) is 0 Å². The van der Waals surface area contributed by atoms with Crippen molar-refractivity contribution in [1.29, 1.82) is 0 Å². The van der Waals surface area contributed by atoms with Crippen LogP contribution >= 0.6 is 15.9 Å². The van der Waals surface area contributed by atoms with Crippen LogP contribution in [-0.4, -0.2) is 35.0 Å². The summed E-state index contributed by atoms with van der Waals surface area (Å²) < 4.78 is 0.942. The van der Waals surface area contributed by atoms with Gasteiger partial charge in [0.25, 0.3) is 0 Å². The molecule has 1 amide bonds. The number of hydrogen-bond donors (Lipinski definition) is 1. The SMILES string of the molecule is O=C(O)[C@@H]1CCN(C(=O)Cc2cccc(Br)c2)C1. The Morgan fingerprint density at radius 2 is 2.22 bits per heavy atom. The van der Waals surface area contributed by atoms with Crippen LogP contribution in [0.25, 0.3) is 0 Å². The number of carboxylic acid groups (broad SMARTS) is 1. The minimum Gasteiger partial charge on any atom is -0.481 e. The van der Waals surface area contributed by atoms with E-state index in [1.807, 2.05) is 24.3 Å². The molecule has 0 saturated carbocycles. The summed E-state index contributed by atoms with van der Waals surface area (Å²) in [7, 11) is 0. The predicted molar refractivity (Wildman–Crippen MR) is 70.2 cm³/mol. The fraction of sp³-hybridized carbons (Fsp3) is 0.385. The molecular weight excluding hydrogens is 298 g/mol. The molecule has 96 valence electrons. The number of rotatable bonds is 3. The van der Waals surface area contributed by atoms with E-state index in [1.54, 1.807) is 4.90 Å². The first-order valence-electron chi connectivity index (χ1n) is 5.81. The summed E-state index contributed by atoms with van der Waals surface area (Å²) >= 11 is 3.36. The number of carboxylic acids is 1. The lowest BCUT2D eigenvalue weighted by Gasteiger charge is -2.15. The second kappa shape index (κ2) is 5.52. The Labute approximate surface area is 114 Å². The van der Waals surface area contributed by atoms with Crippen LogP contribution in [0.1, 0.15) is 12.0 Å². The zero-order valence-corrected chi connectivity index (χ0v) is 11.4. The highest BCUT2D eigenvalue weighted by Gasteiger charge is 2.30. The average molecular weight is 312 g/mol. The van der Waals surface area contributed by atoms with Crippen molar-refractivity contribution in [1.82, 2.24) is 4.90 Å². The molecule has 0 bridgehead atoms. The zero-order chi connectivity index (χ0) is 13.1. The normalized spacial score (nSPS) is 18.9. The molecule has 1 atom stereocenters. The number of carbonyl (C=O) groups excluding carboxylic acids is 1. The number of carbonyl (C=O) groups is 2. The smallest absolute Gasteiger partial charge is 0.308 e. The standard InChI is InChI=1S/C13H14BrNO3/c14-11-3-1-2-9(6-11)7-12(16)15-5-4-10(8-15)13(17)18/h1-3,6,10H,4-5,7-8H2,(H,17,18)/t10-/m1/s1. The van der Waals surface area contributed by atoms with Crippen LogP contribution in [0.15, 0.2) is 28.7 Å². The van der Waals surface area contributed by atoms with E-state index >= 15 is 0 Å². The first kappa shape index (κ1) is 13.1. The molecule has 1 saturated heterocycles. The van der Waals surface area contributed by atoms with Gasteiger partial charge in [-0.25, -0.2) is 0 Å². The van der Waals surface area contributed by atoms with Crippen LogP contribution in [0.5, 0.6) is 0 Å². The van der Waals surface area contributed by atoms with E-state index in [4.69, 9.17) is 5.11 Å². The van der Waals surface area contributed by atoms with Gasteiger partial charge in [-0.05, 0) is 24.1 Å². The fourth-order valence-electron chi connectivity index (χ4n) is 2.12. The van der Waals surface area contributed by atoms with Gasteiger partial charge in [0, 0.05) is 17.6 Å². The molecule has 0 aliphatic carbocycles. The van der Waals surface area contributed by atoms with Crippen molar-refractivity contribution in [3.63, 3.8) is 0 Å². The Hall–Kier alpha value is -1.36. The van der Waals surface area contributed by atoms with Crippen molar-refractivity contribution in [2.75, 3.05) is 13.1 Å². The van der Waals surface area contributed by atoms with E-state index in [0.717, 1.165) is 10.0 Å². The number of hydrogen-bond acceptors (Lipinski definition) is 2. The largest absolute Gasteiger partial charge is 0.481 e. The summed E-state index contributed by atoms with van der Waals surface area (Å²) in [6.45, 7) is 0.881. The lowest BCUT2D eigenvalue weighted by Crippen LogP contribution is -2.31. The molecule has 1 aliphatic rings. The van der Waals surface area contributed by atoms with E-state index in [-0.39, 0.29) is 5.91 Å². The van der Waals surface area contributed by atoms with Gasteiger partial charge < -0.3 is 10.0 Å². The Bertz CT molecular complexity index is 475. The Morgan fingerprint density at radius 3 is 2.83 bits per heavy atom. The van der Waals surface area contributed by atoms with Crippen LogP contribution in [0.2, 0.25) is 0 Å². The van der Waals surface area contributed by atoms with Gasteiger partial charge >= 0.3 is 5.97 Å². The summed E-state index contributed by atoms with van der Waals surface area (Å²) in [5.41, 5.74) is 0.938. The number of nitrogens with zero attached hydrogens (tertiary/aromatic N) is 1. The molecule has 1 N–H and O–H groups in total. The summed E-state index contributed by atoms with van der Waals surface area (Å²) in [6.07, 6.45) is 0.880. The molecule has 18 heavy (non-hydrogen) atoms. The van der Waals surface area contributed by atoms with E-state index in [9.17, 15) is 9.59 Å². The number of amides is 1. The van der Waals surface area contributed by atoms with E-state index in [2.05, 4.69) is 15.9 Å². The van der Waals surface area contributed by atoms with Crippen LogP contribution in [0.4, 0.5) is 0 Å². The minimum absolute atomic E-state index is 0.00292. The highest BCUT2D eigenvalue weighted by Crippen LogP contribution is 2.18. The van der Waals surface area contributed by atoms with Gasteiger partial charge in [-0.2, -0.15) is 0 Å². The maximum Gasteiger partial charge on any atom is 0.308 e. The Kier molecular flexibility index (Phi) is 4.01. The molecule has 0 aromatic heterocycles. The molecule has 0 unspecified atom stereocenters. The maximum atomic E-state index is 12.0. The third-order valence-corrected chi connectivity index (χ3v) is 3.63. The molecule has 1 aromatic rings. The predicted octanol–water partition coefficient (Wildman–Crippen LogP) is 1.92. The first-order chi connectivity index (χ1) is 8.56. The second-order valence-electron chi connectivity index (χ2n) is 4.47. The van der Waals surface area contributed by atoms with Gasteiger partial charge in [0.2, 0.25) is 5.91 Å². The van der Waals surface area contributed by atoms with Gasteiger partial charge in [0.1, 0.15) is 0 Å². The first-order valence-corrected chi connectivity index (χ1v) is 6.60. The zero-order valence-electron chi connectivity index (χ0n) is 9.80. The summed E-state index contributed by atoms with van der Waals surface area (Å²) in [5, 5.41) is 8.89. The van der Waals surface area contributed by atoms with Gasteiger partial charge in [-0.15, -0.1) is 0 Å². The highest BCUT2D eigenvalue weighted by molar-refractivity contribution is 9.10. The number of likely N-dealkylation sites (tertiary alicyclic amines) is 1. The van der Waals surface area contributed by atoms with Crippen LogP contribution in [0, 0.1) is 5.92 Å². The molecule has 0 radical (unpaired) electrons. The van der Waals surface area contributed by atoms with E-state index in [0.29, 0.717) is 25.9 Å². The maximum absolute atomic E-state index is 12.0. The average Bonchev–Trinajstić information content (AvgIpc) is 2.78. The molecule has 5 heteroatoms. The number of benzene rings is 1. The molecule has 4 nitrogen and oxygen atoms in total. The van der Waals surface area contributed by atoms with E-state index < -0.39 is 11.9 Å². The molecule has 1 aromatic carbocycles. The molecular formula is C13H14BrNO3. The minimum atomic E-state index is -0.812. The summed E-state index contributed by atoms with van der Waals surface area (Å²) in [5.74, 6) is -1.22. The van der Waals surface area contributed by atoms with E-state index in [1.165, 1.54) is 0 Å². The van der Waals surface area contributed by atoms with Crippen molar-refractivity contribution in [2.45, 2.75) is 12.8 Å². The number of halogens is 1. The van der Waals surface area contributed by atoms with Gasteiger partial charge in [0.15, 0.2) is 0 Å². The van der Waals surface area contributed by atoms with Gasteiger partial charge in [0.05, 0.1) is 12.3 Å². The summed E-state index contributed by atoms with van der Waals surface area (Å²) in [4.78, 5) is 24.5. The molecule has 0 spiro atoms. The van der Waals surface area contributed by atoms with Crippen molar-refractivity contribution >= 4 is 27.8 Å². The second-order valence-corrected chi connectivity index (χ2v) is 5.39. The molecule has 2 rings (SSSR count). The van der Waals surface area contributed by atoms with Gasteiger partial charge in [-0.3, -0.25) is 9.59 Å². The van der Waals surface area contributed by atoms with Crippen molar-refractivity contribution in [3.05, 3.63) is 34.3 Å². The monoisotopic (exact) mass is 311 g/mol. The van der Waals surface area contributed by atoms with Crippen molar-refractivity contribution in [3.8, 4) is 0 Å². The van der Waals surface area contributed by atoms with Crippen molar-refractivity contribution in [2.24, 2.45) is 5.92 Å². The van der Waals surface area contributed by atoms with Crippen LogP contribution < -0.4 is 0 Å². The van der Waals surface area contributed by atoms with Gasteiger partial charge in [-0.1, -0.05) is 28.1 Å². The fourth-order valence-corrected chi connectivity index (χ4v) is 2.57. The molecule has 1 aliphatic heterocycles. The van der Waals surface area contributed by atoms with Crippen molar-refractivity contribution < 1.29 is 14.7 Å². The quantitative estimate of drug-likeness (QED) is 0.928. The Balaban J connectivity index is 1.95. The Morgan fingerprint density at radius 1 is 1.44 bits per heavy atom. The molecule has 1 heterocycles. The highest BCUT2D eigenvalue weighted by atomic mass is 79.9. The third kappa shape index (κ3) is 3.10. The van der Waals surface area contributed by atoms with Crippen LogP contribution in [-0.2, 0) is 16.0 Å². The topological polar surface area (TPSA) is 57.6 Å². The summed E-state index contributed by atoms with van der Waals surface area (Å²) in [6, 6.07) is 7.59. The number of aliphatic carboxylic acids is 1. The lowest BCUT2D eigenvalue weighted by atomic mass is 10.1. The molecule has 1 fully saturated rings. The lowest BCUT2D eigenvalue weighted by molar-refractivity contribution is -0.141.